The van der Waals surface area contributed by atoms with Gasteiger partial charge in [-0.15, -0.1) is 0 Å². The van der Waals surface area contributed by atoms with E-state index in [1.165, 1.54) is 17.6 Å². The predicted molar refractivity (Wildman–Crippen MR) is 82.0 cm³/mol. The molecule has 0 atom stereocenters. The number of benzene rings is 1. The van der Waals surface area contributed by atoms with E-state index in [1.807, 2.05) is 18.2 Å². The molecule has 0 fully saturated rings. The first kappa shape index (κ1) is 14.6. The Kier molecular flexibility index (Phi) is 3.77. The summed E-state index contributed by atoms with van der Waals surface area (Å²) in [6, 6.07) is 5.53. The fraction of sp³-hybridized carbons (Fsp3) is 0.417. The van der Waals surface area contributed by atoms with Gasteiger partial charge >= 0.3 is 0 Å². The summed E-state index contributed by atoms with van der Waals surface area (Å²) in [5.74, 6) is 0. The quantitative estimate of drug-likeness (QED) is 0.940. The molecule has 2 rings (SSSR count). The van der Waals surface area contributed by atoms with E-state index in [1.54, 1.807) is 13.8 Å². The van der Waals surface area contributed by atoms with E-state index >= 15 is 0 Å². The van der Waals surface area contributed by atoms with Crippen LogP contribution >= 0.6 is 22.9 Å². The topological polar surface area (TPSA) is 59.1 Å². The van der Waals surface area contributed by atoms with Gasteiger partial charge in [0.15, 0.2) is 15.0 Å². The maximum Gasteiger partial charge on any atom is 0.183 e. The summed E-state index contributed by atoms with van der Waals surface area (Å²) in [7, 11) is -3.12. The van der Waals surface area contributed by atoms with Crippen LogP contribution in [-0.4, -0.2) is 30.9 Å². The van der Waals surface area contributed by atoms with E-state index < -0.39 is 14.6 Å². The molecular weight excluding hydrogens is 304 g/mol. The molecule has 0 aliphatic heterocycles. The minimum absolute atomic E-state index is 0.309. The number of fused-ring (bicyclic) bond motifs is 1. The number of nitrogens with zero attached hydrogens (tertiary/aromatic N) is 1. The SMILES string of the molecule is CC(C)(CNc1nc2cccc(Cl)c2s1)S(C)(=O)=O. The summed E-state index contributed by atoms with van der Waals surface area (Å²) < 4.78 is 23.3. The second-order valence-electron chi connectivity index (χ2n) is 4.99. The lowest BCUT2D eigenvalue weighted by Gasteiger charge is -2.22. The Morgan fingerprint density at radius 1 is 1.42 bits per heavy atom. The van der Waals surface area contributed by atoms with Crippen LogP contribution in [0.4, 0.5) is 5.13 Å². The number of aromatic nitrogens is 1. The Hall–Kier alpha value is -0.850. The minimum atomic E-state index is -3.12. The standard InChI is InChI=1S/C12H15ClN2O2S2/c1-12(2,19(3,16)17)7-14-11-15-9-6-4-5-8(13)10(9)18-11/h4-6H,7H2,1-3H3,(H,14,15). The number of nitrogens with one attached hydrogen (secondary N) is 1. The highest BCUT2D eigenvalue weighted by Crippen LogP contribution is 2.32. The van der Waals surface area contributed by atoms with Crippen molar-refractivity contribution in [2.75, 3.05) is 18.1 Å². The van der Waals surface area contributed by atoms with Gasteiger partial charge in [0, 0.05) is 12.8 Å². The van der Waals surface area contributed by atoms with Gasteiger partial charge in [-0.05, 0) is 26.0 Å². The molecule has 0 saturated heterocycles. The van der Waals surface area contributed by atoms with E-state index in [-0.39, 0.29) is 0 Å². The first-order chi connectivity index (χ1) is 8.71. The number of halogens is 1. The number of hydrogen-bond acceptors (Lipinski definition) is 5. The zero-order valence-corrected chi connectivity index (χ0v) is 13.3. The monoisotopic (exact) mass is 318 g/mol. The zero-order valence-electron chi connectivity index (χ0n) is 10.9. The average molecular weight is 319 g/mol. The molecule has 19 heavy (non-hydrogen) atoms. The van der Waals surface area contributed by atoms with Crippen molar-refractivity contribution in [3.63, 3.8) is 0 Å². The average Bonchev–Trinajstić information content (AvgIpc) is 2.69. The van der Waals surface area contributed by atoms with Gasteiger partial charge in [0.2, 0.25) is 0 Å². The summed E-state index contributed by atoms with van der Waals surface area (Å²) in [5.41, 5.74) is 0.817. The lowest BCUT2D eigenvalue weighted by molar-refractivity contribution is 0.560. The van der Waals surface area contributed by atoms with Gasteiger partial charge in [-0.1, -0.05) is 29.0 Å². The van der Waals surface area contributed by atoms with Crippen molar-refractivity contribution in [3.05, 3.63) is 23.2 Å². The third-order valence-corrected chi connectivity index (χ3v) is 6.68. The third-order valence-electron chi connectivity index (χ3n) is 3.04. The Bertz CT molecular complexity index is 708. The molecule has 0 unspecified atom stereocenters. The van der Waals surface area contributed by atoms with E-state index in [0.717, 1.165) is 10.2 Å². The lowest BCUT2D eigenvalue weighted by atomic mass is 10.2. The van der Waals surface area contributed by atoms with Crippen LogP contribution in [0.1, 0.15) is 13.8 Å². The van der Waals surface area contributed by atoms with Crippen LogP contribution in [0.3, 0.4) is 0 Å². The normalized spacial score (nSPS) is 12.8. The van der Waals surface area contributed by atoms with E-state index in [2.05, 4.69) is 10.3 Å². The smallest absolute Gasteiger partial charge is 0.183 e. The zero-order chi connectivity index (χ0) is 14.3. The van der Waals surface area contributed by atoms with Gasteiger partial charge in [-0.2, -0.15) is 0 Å². The molecule has 1 heterocycles. The molecule has 1 aromatic heterocycles. The molecule has 1 N–H and O–H groups in total. The predicted octanol–water partition coefficient (Wildman–Crippen LogP) is 3.18. The molecule has 0 amide bonds. The molecule has 1 aromatic carbocycles. The Morgan fingerprint density at radius 2 is 2.11 bits per heavy atom. The maximum absolute atomic E-state index is 11.6. The van der Waals surface area contributed by atoms with Crippen LogP contribution in [0.15, 0.2) is 18.2 Å². The highest BCUT2D eigenvalue weighted by molar-refractivity contribution is 7.92. The van der Waals surface area contributed by atoms with Gasteiger partial charge in [-0.25, -0.2) is 13.4 Å². The van der Waals surface area contributed by atoms with Crippen LogP contribution in [0.25, 0.3) is 10.2 Å². The molecular formula is C12H15ClN2O2S2. The van der Waals surface area contributed by atoms with Crippen molar-refractivity contribution in [2.45, 2.75) is 18.6 Å². The number of sulfone groups is 1. The van der Waals surface area contributed by atoms with Crippen molar-refractivity contribution >= 4 is 48.1 Å². The molecule has 104 valence electrons. The van der Waals surface area contributed by atoms with Crippen molar-refractivity contribution < 1.29 is 8.42 Å². The van der Waals surface area contributed by atoms with Crippen molar-refractivity contribution in [3.8, 4) is 0 Å². The number of anilines is 1. The molecule has 0 spiro atoms. The highest BCUT2D eigenvalue weighted by atomic mass is 35.5. The first-order valence-electron chi connectivity index (χ1n) is 5.69. The van der Waals surface area contributed by atoms with Gasteiger partial charge < -0.3 is 5.32 Å². The van der Waals surface area contributed by atoms with Gasteiger partial charge in [0.25, 0.3) is 0 Å². The molecule has 0 radical (unpaired) electrons. The summed E-state index contributed by atoms with van der Waals surface area (Å²) in [6.07, 6.45) is 1.24. The number of rotatable bonds is 4. The van der Waals surface area contributed by atoms with Crippen LogP contribution in [0.2, 0.25) is 5.02 Å². The van der Waals surface area contributed by atoms with Crippen LogP contribution in [0.5, 0.6) is 0 Å². The Balaban J connectivity index is 2.22. The van der Waals surface area contributed by atoms with Gasteiger partial charge in [0.05, 0.1) is 20.0 Å². The van der Waals surface area contributed by atoms with E-state index in [0.29, 0.717) is 16.7 Å². The summed E-state index contributed by atoms with van der Waals surface area (Å²) in [5, 5.41) is 4.42. The molecule has 0 aliphatic carbocycles. The second kappa shape index (κ2) is 4.92. The highest BCUT2D eigenvalue weighted by Gasteiger charge is 2.30. The van der Waals surface area contributed by atoms with Crippen molar-refractivity contribution in [1.82, 2.24) is 4.98 Å². The first-order valence-corrected chi connectivity index (χ1v) is 8.78. The van der Waals surface area contributed by atoms with E-state index in [4.69, 9.17) is 11.6 Å². The molecule has 0 saturated carbocycles. The fourth-order valence-electron chi connectivity index (χ4n) is 1.41. The molecule has 7 heteroatoms. The van der Waals surface area contributed by atoms with Gasteiger partial charge in [0.1, 0.15) is 0 Å². The lowest BCUT2D eigenvalue weighted by Crippen LogP contribution is -2.38. The number of hydrogen-bond donors (Lipinski definition) is 1. The van der Waals surface area contributed by atoms with Crippen molar-refractivity contribution in [2.24, 2.45) is 0 Å². The fourth-order valence-corrected chi connectivity index (χ4v) is 2.90. The second-order valence-corrected chi connectivity index (χ2v) is 9.05. The Morgan fingerprint density at radius 3 is 2.68 bits per heavy atom. The van der Waals surface area contributed by atoms with Crippen LogP contribution in [-0.2, 0) is 9.84 Å². The Labute approximate surface area is 121 Å². The van der Waals surface area contributed by atoms with Crippen LogP contribution in [0, 0.1) is 0 Å². The number of thiazole rings is 1. The van der Waals surface area contributed by atoms with Gasteiger partial charge in [-0.3, -0.25) is 0 Å². The maximum atomic E-state index is 11.6. The molecule has 0 aliphatic rings. The summed E-state index contributed by atoms with van der Waals surface area (Å²) >= 11 is 7.51. The minimum Gasteiger partial charge on any atom is -0.360 e. The molecule has 0 bridgehead atoms. The molecule has 4 nitrogen and oxygen atoms in total. The summed E-state index contributed by atoms with van der Waals surface area (Å²) in [6.45, 7) is 3.69. The molecule has 2 aromatic rings. The van der Waals surface area contributed by atoms with Crippen LogP contribution < -0.4 is 5.32 Å². The third kappa shape index (κ3) is 3.01. The summed E-state index contributed by atoms with van der Waals surface area (Å²) in [4.78, 5) is 4.39. The largest absolute Gasteiger partial charge is 0.360 e. The van der Waals surface area contributed by atoms with Crippen molar-refractivity contribution in [1.29, 1.82) is 0 Å². The van der Waals surface area contributed by atoms with E-state index in [9.17, 15) is 8.42 Å².